The van der Waals surface area contributed by atoms with Crippen molar-refractivity contribution in [2.24, 2.45) is 0 Å². The first kappa shape index (κ1) is 14.9. The molecular formula is C11H10Br2N2O3S. The minimum Gasteiger partial charge on any atom is -0.361 e. The molecule has 1 aliphatic heterocycles. The molecule has 1 unspecified atom stereocenters. The second kappa shape index (κ2) is 5.89. The zero-order valence-electron chi connectivity index (χ0n) is 9.71. The van der Waals surface area contributed by atoms with E-state index in [0.717, 1.165) is 4.47 Å². The first-order chi connectivity index (χ1) is 8.95. The van der Waals surface area contributed by atoms with Crippen LogP contribution in [0.2, 0.25) is 0 Å². The number of nitrogens with zero attached hydrogens (tertiary/aromatic N) is 2. The lowest BCUT2D eigenvalue weighted by Gasteiger charge is -2.29. The van der Waals surface area contributed by atoms with Gasteiger partial charge in [0.05, 0.1) is 24.1 Å². The van der Waals surface area contributed by atoms with Gasteiger partial charge >= 0.3 is 0 Å². The monoisotopic (exact) mass is 408 g/mol. The Morgan fingerprint density at radius 2 is 2.16 bits per heavy atom. The molecule has 19 heavy (non-hydrogen) atoms. The van der Waals surface area contributed by atoms with Gasteiger partial charge < -0.3 is 4.74 Å². The molecule has 1 aromatic rings. The summed E-state index contributed by atoms with van der Waals surface area (Å²) in [5, 5.41) is 8.82. The number of rotatable bonds is 2. The standard InChI is InChI=1S/C11H10Br2N2O3S/c12-8-1-2-11(10(13)5-8)19(16,17)15-3-4-18-9(6-14)7-15/h1-2,5,9H,3-4,7H2. The number of hydrogen-bond acceptors (Lipinski definition) is 4. The van der Waals surface area contributed by atoms with E-state index < -0.39 is 16.1 Å². The predicted molar refractivity (Wildman–Crippen MR) is 76.0 cm³/mol. The van der Waals surface area contributed by atoms with E-state index in [1.165, 1.54) is 10.4 Å². The second-order valence-electron chi connectivity index (χ2n) is 3.93. The van der Waals surface area contributed by atoms with Crippen molar-refractivity contribution in [3.05, 3.63) is 27.1 Å². The fraction of sp³-hybridized carbons (Fsp3) is 0.364. The van der Waals surface area contributed by atoms with E-state index in [1.54, 1.807) is 12.1 Å². The number of benzene rings is 1. The summed E-state index contributed by atoms with van der Waals surface area (Å²) in [6.07, 6.45) is -0.710. The summed E-state index contributed by atoms with van der Waals surface area (Å²) in [7, 11) is -3.62. The first-order valence-corrected chi connectivity index (χ1v) is 8.44. The van der Waals surface area contributed by atoms with E-state index >= 15 is 0 Å². The zero-order chi connectivity index (χ0) is 14.0. The maximum Gasteiger partial charge on any atom is 0.244 e. The van der Waals surface area contributed by atoms with Crippen LogP contribution < -0.4 is 0 Å². The molecule has 1 fully saturated rings. The molecule has 2 rings (SSSR count). The molecule has 0 spiro atoms. The van der Waals surface area contributed by atoms with Gasteiger partial charge in [0.1, 0.15) is 0 Å². The number of hydrogen-bond donors (Lipinski definition) is 0. The van der Waals surface area contributed by atoms with E-state index in [1.807, 2.05) is 6.07 Å². The van der Waals surface area contributed by atoms with E-state index in [0.29, 0.717) is 4.47 Å². The van der Waals surface area contributed by atoms with Gasteiger partial charge in [-0.3, -0.25) is 0 Å². The van der Waals surface area contributed by atoms with Crippen molar-refractivity contribution in [2.75, 3.05) is 19.7 Å². The number of ether oxygens (including phenoxy) is 1. The van der Waals surface area contributed by atoms with Crippen LogP contribution in [-0.4, -0.2) is 38.5 Å². The highest BCUT2D eigenvalue weighted by atomic mass is 79.9. The third kappa shape index (κ3) is 3.17. The number of morpholine rings is 1. The zero-order valence-corrected chi connectivity index (χ0v) is 13.7. The Morgan fingerprint density at radius 1 is 1.42 bits per heavy atom. The van der Waals surface area contributed by atoms with Crippen molar-refractivity contribution in [3.63, 3.8) is 0 Å². The summed E-state index contributed by atoms with van der Waals surface area (Å²) in [4.78, 5) is 0.189. The molecule has 0 N–H and O–H groups in total. The molecule has 0 aliphatic carbocycles. The van der Waals surface area contributed by atoms with Gasteiger partial charge in [-0.25, -0.2) is 8.42 Å². The van der Waals surface area contributed by atoms with Gasteiger partial charge in [-0.1, -0.05) is 15.9 Å². The maximum absolute atomic E-state index is 12.5. The molecule has 8 heteroatoms. The molecule has 1 heterocycles. The van der Waals surface area contributed by atoms with Crippen LogP contribution >= 0.6 is 31.9 Å². The summed E-state index contributed by atoms with van der Waals surface area (Å²) in [5.41, 5.74) is 0. The lowest BCUT2D eigenvalue weighted by Crippen LogP contribution is -2.45. The lowest BCUT2D eigenvalue weighted by molar-refractivity contribution is 0.0311. The summed E-state index contributed by atoms with van der Waals surface area (Å²) >= 11 is 6.53. The molecule has 102 valence electrons. The molecule has 1 aromatic carbocycles. The quantitative estimate of drug-likeness (QED) is 0.750. The van der Waals surface area contributed by atoms with Crippen molar-refractivity contribution in [3.8, 4) is 6.07 Å². The highest BCUT2D eigenvalue weighted by Gasteiger charge is 2.31. The molecule has 0 bridgehead atoms. The topological polar surface area (TPSA) is 70.4 Å². The Morgan fingerprint density at radius 3 is 2.79 bits per heavy atom. The molecule has 5 nitrogen and oxygen atoms in total. The van der Waals surface area contributed by atoms with Gasteiger partial charge in [0.25, 0.3) is 0 Å². The van der Waals surface area contributed by atoms with Crippen LogP contribution in [0.15, 0.2) is 32.0 Å². The average Bonchev–Trinajstić information content (AvgIpc) is 2.38. The average molecular weight is 410 g/mol. The SMILES string of the molecule is N#CC1CN(S(=O)(=O)c2ccc(Br)cc2Br)CCO1. The van der Waals surface area contributed by atoms with E-state index in [-0.39, 0.29) is 24.6 Å². The van der Waals surface area contributed by atoms with Crippen LogP contribution in [-0.2, 0) is 14.8 Å². The van der Waals surface area contributed by atoms with Gasteiger partial charge in [-0.15, -0.1) is 0 Å². The molecule has 1 saturated heterocycles. The molecule has 0 saturated carbocycles. The van der Waals surface area contributed by atoms with Gasteiger partial charge in [-0.05, 0) is 34.1 Å². The minimum atomic E-state index is -3.62. The van der Waals surface area contributed by atoms with Gasteiger partial charge in [0, 0.05) is 15.5 Å². The van der Waals surface area contributed by atoms with Crippen LogP contribution in [0.4, 0.5) is 0 Å². The van der Waals surface area contributed by atoms with Crippen molar-refractivity contribution >= 4 is 41.9 Å². The number of sulfonamides is 1. The van der Waals surface area contributed by atoms with Crippen molar-refractivity contribution in [1.82, 2.24) is 4.31 Å². The second-order valence-corrected chi connectivity index (χ2v) is 7.60. The summed E-state index contributed by atoms with van der Waals surface area (Å²) < 4.78 is 32.7. The molecule has 1 atom stereocenters. The highest BCUT2D eigenvalue weighted by Crippen LogP contribution is 2.28. The van der Waals surface area contributed by atoms with Gasteiger partial charge in [0.15, 0.2) is 6.10 Å². The third-order valence-corrected chi connectivity index (χ3v) is 6.02. The molecule has 0 aromatic heterocycles. The first-order valence-electron chi connectivity index (χ1n) is 5.41. The Hall–Kier alpha value is -0.460. The van der Waals surface area contributed by atoms with Crippen molar-refractivity contribution in [1.29, 1.82) is 5.26 Å². The largest absolute Gasteiger partial charge is 0.361 e. The van der Waals surface area contributed by atoms with E-state index in [2.05, 4.69) is 31.9 Å². The Balaban J connectivity index is 2.34. The van der Waals surface area contributed by atoms with Crippen molar-refractivity contribution in [2.45, 2.75) is 11.0 Å². The highest BCUT2D eigenvalue weighted by molar-refractivity contribution is 9.11. The maximum atomic E-state index is 12.5. The summed E-state index contributed by atoms with van der Waals surface area (Å²) in [6, 6.07) is 6.80. The third-order valence-electron chi connectivity index (χ3n) is 2.68. The predicted octanol–water partition coefficient (Wildman–Crippen LogP) is 2.12. The molecular weight excluding hydrogens is 400 g/mol. The van der Waals surface area contributed by atoms with Crippen LogP contribution in [0.25, 0.3) is 0 Å². The van der Waals surface area contributed by atoms with Crippen LogP contribution in [0.1, 0.15) is 0 Å². The molecule has 0 amide bonds. The van der Waals surface area contributed by atoms with Gasteiger partial charge in [0.2, 0.25) is 10.0 Å². The summed E-state index contributed by atoms with van der Waals surface area (Å²) in [6.45, 7) is 0.538. The van der Waals surface area contributed by atoms with Gasteiger partial charge in [-0.2, -0.15) is 9.57 Å². The summed E-state index contributed by atoms with van der Waals surface area (Å²) in [5.74, 6) is 0. The Labute approximate surface area is 128 Å². The van der Waals surface area contributed by atoms with E-state index in [4.69, 9.17) is 10.00 Å². The number of halogens is 2. The Bertz CT molecular complexity index is 627. The van der Waals surface area contributed by atoms with Crippen LogP contribution in [0.5, 0.6) is 0 Å². The smallest absolute Gasteiger partial charge is 0.244 e. The molecule has 1 aliphatic rings. The van der Waals surface area contributed by atoms with Crippen LogP contribution in [0.3, 0.4) is 0 Å². The molecule has 0 radical (unpaired) electrons. The fourth-order valence-corrected chi connectivity index (χ4v) is 4.88. The fourth-order valence-electron chi connectivity index (χ4n) is 1.75. The van der Waals surface area contributed by atoms with Crippen LogP contribution in [0, 0.1) is 11.3 Å². The normalized spacial score (nSPS) is 21.0. The van der Waals surface area contributed by atoms with E-state index in [9.17, 15) is 8.42 Å². The lowest BCUT2D eigenvalue weighted by atomic mass is 10.3. The van der Waals surface area contributed by atoms with Crippen molar-refractivity contribution < 1.29 is 13.2 Å². The minimum absolute atomic E-state index is 0.0569. The number of nitriles is 1. The Kier molecular flexibility index (Phi) is 4.63.